The lowest BCUT2D eigenvalue weighted by atomic mass is 9.69. The van der Waals surface area contributed by atoms with Crippen molar-refractivity contribution in [3.63, 3.8) is 0 Å². The third-order valence-corrected chi connectivity index (χ3v) is 3.76. The van der Waals surface area contributed by atoms with Gasteiger partial charge in [-0.3, -0.25) is 0 Å². The summed E-state index contributed by atoms with van der Waals surface area (Å²) >= 11 is 0. The Morgan fingerprint density at radius 3 is 2.88 bits per heavy atom. The first-order chi connectivity index (χ1) is 8.29. The Kier molecular flexibility index (Phi) is 2.33. The Morgan fingerprint density at radius 2 is 2.29 bits per heavy atom. The molecular formula is C13H16N2O2. The second-order valence-corrected chi connectivity index (χ2v) is 4.66. The zero-order valence-electron chi connectivity index (χ0n) is 9.90. The molecule has 4 nitrogen and oxygen atoms in total. The van der Waals surface area contributed by atoms with Crippen LogP contribution in [0.25, 0.3) is 11.1 Å². The molecule has 1 saturated carbocycles. The fourth-order valence-corrected chi connectivity index (χ4v) is 2.42. The monoisotopic (exact) mass is 232 g/mol. The highest BCUT2D eigenvalue weighted by atomic mass is 16.5. The molecule has 90 valence electrons. The molecule has 2 N–H and O–H groups in total. The van der Waals surface area contributed by atoms with Gasteiger partial charge in [-0.2, -0.15) is 0 Å². The summed E-state index contributed by atoms with van der Waals surface area (Å²) in [6, 6.07) is 5.72. The molecule has 0 bridgehead atoms. The van der Waals surface area contributed by atoms with E-state index < -0.39 is 0 Å². The average molecular weight is 232 g/mol. The van der Waals surface area contributed by atoms with Crippen LogP contribution in [0, 0.1) is 0 Å². The Bertz CT molecular complexity index is 538. The summed E-state index contributed by atoms with van der Waals surface area (Å²) in [5.74, 6) is 1.52. The number of nitrogens with zero attached hydrogens (tertiary/aromatic N) is 1. The van der Waals surface area contributed by atoms with Crippen LogP contribution in [0.3, 0.4) is 0 Å². The van der Waals surface area contributed by atoms with Gasteiger partial charge in [-0.25, -0.2) is 4.98 Å². The van der Waals surface area contributed by atoms with Crippen LogP contribution in [0.1, 0.15) is 25.2 Å². The van der Waals surface area contributed by atoms with Crippen LogP contribution in [0.2, 0.25) is 0 Å². The summed E-state index contributed by atoms with van der Waals surface area (Å²) in [4.78, 5) is 4.58. The molecule has 0 saturated heterocycles. The van der Waals surface area contributed by atoms with Gasteiger partial charge in [-0.05, 0) is 25.0 Å². The summed E-state index contributed by atoms with van der Waals surface area (Å²) in [6.07, 6.45) is 3.34. The van der Waals surface area contributed by atoms with Crippen molar-refractivity contribution < 1.29 is 9.15 Å². The van der Waals surface area contributed by atoms with Crippen molar-refractivity contribution in [2.24, 2.45) is 5.73 Å². The molecule has 1 aliphatic rings. The second kappa shape index (κ2) is 3.74. The van der Waals surface area contributed by atoms with E-state index in [9.17, 15) is 0 Å². The number of fused-ring (bicyclic) bond motifs is 1. The van der Waals surface area contributed by atoms with Crippen molar-refractivity contribution in [3.8, 4) is 5.75 Å². The van der Waals surface area contributed by atoms with E-state index in [1.165, 1.54) is 6.42 Å². The number of hydrogen-bond acceptors (Lipinski definition) is 4. The molecule has 0 spiro atoms. The summed E-state index contributed by atoms with van der Waals surface area (Å²) in [5, 5.41) is 0. The third-order valence-electron chi connectivity index (χ3n) is 3.76. The van der Waals surface area contributed by atoms with Crippen molar-refractivity contribution in [3.05, 3.63) is 24.1 Å². The smallest absolute Gasteiger partial charge is 0.203 e. The lowest BCUT2D eigenvalue weighted by molar-refractivity contribution is 0.203. The van der Waals surface area contributed by atoms with Crippen LogP contribution in [-0.2, 0) is 5.41 Å². The summed E-state index contributed by atoms with van der Waals surface area (Å²) < 4.78 is 11.1. The highest BCUT2D eigenvalue weighted by Crippen LogP contribution is 2.43. The van der Waals surface area contributed by atoms with E-state index in [2.05, 4.69) is 4.98 Å². The molecule has 0 aliphatic heterocycles. The van der Waals surface area contributed by atoms with Crippen LogP contribution in [-0.4, -0.2) is 18.6 Å². The van der Waals surface area contributed by atoms with Crippen molar-refractivity contribution in [1.29, 1.82) is 0 Å². The van der Waals surface area contributed by atoms with Crippen LogP contribution in [0.4, 0.5) is 0 Å². The fourth-order valence-electron chi connectivity index (χ4n) is 2.42. The Hall–Kier alpha value is -1.55. The molecule has 0 unspecified atom stereocenters. The van der Waals surface area contributed by atoms with Gasteiger partial charge in [0.1, 0.15) is 5.75 Å². The number of hydrogen-bond donors (Lipinski definition) is 1. The van der Waals surface area contributed by atoms with Crippen LogP contribution < -0.4 is 10.5 Å². The molecule has 1 fully saturated rings. The van der Waals surface area contributed by atoms with Gasteiger partial charge in [-0.15, -0.1) is 0 Å². The third kappa shape index (κ3) is 1.44. The molecule has 17 heavy (non-hydrogen) atoms. The molecular weight excluding hydrogens is 216 g/mol. The molecule has 1 aromatic heterocycles. The lowest BCUT2D eigenvalue weighted by Gasteiger charge is -2.37. The normalized spacial score (nSPS) is 18.0. The average Bonchev–Trinajstić information content (AvgIpc) is 2.71. The van der Waals surface area contributed by atoms with Gasteiger partial charge in [0.25, 0.3) is 0 Å². The van der Waals surface area contributed by atoms with E-state index in [4.69, 9.17) is 14.9 Å². The number of benzene rings is 1. The summed E-state index contributed by atoms with van der Waals surface area (Å²) in [6.45, 7) is 0.599. The number of rotatable bonds is 3. The van der Waals surface area contributed by atoms with Gasteiger partial charge >= 0.3 is 0 Å². The molecule has 2 aromatic rings. The van der Waals surface area contributed by atoms with E-state index in [0.29, 0.717) is 6.54 Å². The number of ether oxygens (including phenoxy) is 1. The van der Waals surface area contributed by atoms with Crippen molar-refractivity contribution >= 4 is 11.1 Å². The zero-order valence-corrected chi connectivity index (χ0v) is 9.90. The molecule has 3 rings (SSSR count). The van der Waals surface area contributed by atoms with Crippen molar-refractivity contribution in [2.45, 2.75) is 24.7 Å². The van der Waals surface area contributed by atoms with E-state index in [1.807, 2.05) is 18.2 Å². The highest BCUT2D eigenvalue weighted by molar-refractivity contribution is 5.79. The second-order valence-electron chi connectivity index (χ2n) is 4.66. The zero-order chi connectivity index (χ0) is 11.9. The minimum atomic E-state index is -0.0377. The maximum atomic E-state index is 5.86. The summed E-state index contributed by atoms with van der Waals surface area (Å²) in [7, 11) is 1.64. The van der Waals surface area contributed by atoms with Gasteiger partial charge in [-0.1, -0.05) is 12.5 Å². The number of para-hydroxylation sites is 1. The molecule has 0 atom stereocenters. The SMILES string of the molecule is COc1cccc2oc(C3(CN)CCC3)nc12. The molecule has 0 radical (unpaired) electrons. The summed E-state index contributed by atoms with van der Waals surface area (Å²) in [5.41, 5.74) is 7.40. The molecule has 0 amide bonds. The maximum Gasteiger partial charge on any atom is 0.203 e. The van der Waals surface area contributed by atoms with Crippen LogP contribution in [0.5, 0.6) is 5.75 Å². The number of aromatic nitrogens is 1. The standard InChI is InChI=1S/C13H16N2O2/c1-16-9-4-2-5-10-11(9)15-12(17-10)13(8-14)6-3-7-13/h2,4-5H,3,6-8,14H2,1H3. The van der Waals surface area contributed by atoms with Crippen molar-refractivity contribution in [1.82, 2.24) is 4.98 Å². The van der Waals surface area contributed by atoms with Crippen LogP contribution >= 0.6 is 0 Å². The van der Waals surface area contributed by atoms with Crippen molar-refractivity contribution in [2.75, 3.05) is 13.7 Å². The van der Waals surface area contributed by atoms with E-state index in [0.717, 1.165) is 35.6 Å². The Labute approximate surface area is 99.8 Å². The van der Waals surface area contributed by atoms with Gasteiger partial charge in [0.15, 0.2) is 11.1 Å². The van der Waals surface area contributed by atoms with Crippen LogP contribution in [0.15, 0.2) is 22.6 Å². The van der Waals surface area contributed by atoms with E-state index in [1.54, 1.807) is 7.11 Å². The number of nitrogens with two attached hydrogens (primary N) is 1. The molecule has 1 aliphatic carbocycles. The molecule has 4 heteroatoms. The largest absolute Gasteiger partial charge is 0.494 e. The number of oxazole rings is 1. The first kappa shape index (κ1) is 10.6. The predicted molar refractivity (Wildman–Crippen MR) is 65.1 cm³/mol. The van der Waals surface area contributed by atoms with E-state index >= 15 is 0 Å². The topological polar surface area (TPSA) is 61.3 Å². The highest BCUT2D eigenvalue weighted by Gasteiger charge is 2.42. The lowest BCUT2D eigenvalue weighted by Crippen LogP contribution is -2.41. The van der Waals surface area contributed by atoms with Gasteiger partial charge < -0.3 is 14.9 Å². The predicted octanol–water partition coefficient (Wildman–Crippen LogP) is 2.22. The minimum absolute atomic E-state index is 0.0377. The first-order valence-corrected chi connectivity index (χ1v) is 5.93. The van der Waals surface area contributed by atoms with E-state index in [-0.39, 0.29) is 5.41 Å². The number of methoxy groups -OCH3 is 1. The first-order valence-electron chi connectivity index (χ1n) is 5.93. The van der Waals surface area contributed by atoms with Gasteiger partial charge in [0.2, 0.25) is 5.89 Å². The Morgan fingerprint density at radius 1 is 1.47 bits per heavy atom. The Balaban J connectivity index is 2.13. The fraction of sp³-hybridized carbons (Fsp3) is 0.462. The molecule has 1 heterocycles. The maximum absolute atomic E-state index is 5.86. The quantitative estimate of drug-likeness (QED) is 0.881. The minimum Gasteiger partial charge on any atom is -0.494 e. The van der Waals surface area contributed by atoms with Gasteiger partial charge in [0, 0.05) is 6.54 Å². The van der Waals surface area contributed by atoms with Gasteiger partial charge in [0.05, 0.1) is 12.5 Å². The molecule has 1 aromatic carbocycles.